The van der Waals surface area contributed by atoms with Gasteiger partial charge in [-0.25, -0.2) is 14.4 Å². The van der Waals surface area contributed by atoms with Crippen LogP contribution < -0.4 is 0 Å². The van der Waals surface area contributed by atoms with E-state index in [1.54, 1.807) is 28.8 Å². The third-order valence-corrected chi connectivity index (χ3v) is 5.20. The molecule has 4 heterocycles. The number of aliphatic hydroxyl groups excluding tert-OH is 1. The number of nitrogens with one attached hydrogen (secondary N) is 1. The second-order valence-corrected chi connectivity index (χ2v) is 7.31. The largest absolute Gasteiger partial charge is 0.389 e. The lowest BCUT2D eigenvalue weighted by atomic mass is 10.2. The number of fused-ring (bicyclic) bond motifs is 3. The average Bonchev–Trinajstić information content (AvgIpc) is 3.28. The van der Waals surface area contributed by atoms with Crippen LogP contribution >= 0.6 is 0 Å². The summed E-state index contributed by atoms with van der Waals surface area (Å²) in [5.41, 5.74) is 1.85. The number of halogens is 4. The van der Waals surface area contributed by atoms with Gasteiger partial charge in [-0.15, -0.1) is 0 Å². The van der Waals surface area contributed by atoms with Gasteiger partial charge in [0.1, 0.15) is 29.3 Å². The molecule has 0 aliphatic carbocycles. The van der Waals surface area contributed by atoms with Gasteiger partial charge in [-0.05, 0) is 26.0 Å². The number of hydrogen-bond acceptors (Lipinski definition) is 4. The van der Waals surface area contributed by atoms with Crippen molar-refractivity contribution in [2.75, 3.05) is 19.6 Å². The highest BCUT2D eigenvalue weighted by molar-refractivity contribution is 6.01. The fraction of sp³-hybridized carbons (Fsp3) is 0.556. The number of likely N-dealkylation sites (tertiary alicyclic amines) is 1. The molecule has 6 nitrogen and oxygen atoms in total. The topological polar surface area (TPSA) is 70.0 Å². The molecule has 1 saturated heterocycles. The second-order valence-electron chi connectivity index (χ2n) is 7.31. The van der Waals surface area contributed by atoms with Crippen LogP contribution in [0.3, 0.4) is 0 Å². The molecule has 28 heavy (non-hydrogen) atoms. The monoisotopic (exact) mass is 399 g/mol. The van der Waals surface area contributed by atoms with Crippen molar-refractivity contribution >= 4 is 22.1 Å². The Labute approximate surface area is 158 Å². The van der Waals surface area contributed by atoms with Crippen molar-refractivity contribution in [1.82, 2.24) is 24.4 Å². The molecule has 1 aliphatic rings. The van der Waals surface area contributed by atoms with E-state index in [-0.39, 0.29) is 26.1 Å². The van der Waals surface area contributed by atoms with E-state index in [1.807, 2.05) is 6.07 Å². The van der Waals surface area contributed by atoms with Crippen LogP contribution in [0, 0.1) is 0 Å². The van der Waals surface area contributed by atoms with E-state index < -0.39 is 30.9 Å². The third-order valence-electron chi connectivity index (χ3n) is 5.20. The molecule has 0 aromatic carbocycles. The lowest BCUT2D eigenvalue weighted by Gasteiger charge is -2.20. The summed E-state index contributed by atoms with van der Waals surface area (Å²) in [5, 5.41) is 11.0. The first kappa shape index (κ1) is 19.1. The Bertz CT molecular complexity index is 980. The molecule has 1 aliphatic heterocycles. The van der Waals surface area contributed by atoms with Crippen LogP contribution in [-0.4, -0.2) is 61.5 Å². The number of aromatic amines is 1. The molecule has 0 radical (unpaired) electrons. The Morgan fingerprint density at radius 2 is 2.14 bits per heavy atom. The summed E-state index contributed by atoms with van der Waals surface area (Å²) >= 11 is 0. The maximum absolute atomic E-state index is 14.9. The van der Waals surface area contributed by atoms with Crippen molar-refractivity contribution in [3.05, 3.63) is 24.3 Å². The molecule has 0 bridgehead atoms. The zero-order valence-corrected chi connectivity index (χ0v) is 15.2. The van der Waals surface area contributed by atoms with Crippen molar-refractivity contribution < 1.29 is 22.7 Å². The minimum atomic E-state index is -4.21. The van der Waals surface area contributed by atoms with Gasteiger partial charge in [-0.3, -0.25) is 4.90 Å². The van der Waals surface area contributed by atoms with Gasteiger partial charge in [0, 0.05) is 31.1 Å². The van der Waals surface area contributed by atoms with E-state index >= 15 is 0 Å². The molecule has 4 rings (SSSR count). The summed E-state index contributed by atoms with van der Waals surface area (Å²) in [6.45, 7) is 2.05. The molecular weight excluding hydrogens is 378 g/mol. The average molecular weight is 399 g/mol. The van der Waals surface area contributed by atoms with Gasteiger partial charge in [-0.1, -0.05) is 0 Å². The summed E-state index contributed by atoms with van der Waals surface area (Å²) in [6.07, 6.45) is -4.06. The highest BCUT2D eigenvalue weighted by atomic mass is 19.4. The molecule has 1 unspecified atom stereocenters. The van der Waals surface area contributed by atoms with Crippen molar-refractivity contribution in [2.24, 2.45) is 0 Å². The molecule has 2 N–H and O–H groups in total. The van der Waals surface area contributed by atoms with Gasteiger partial charge in [0.15, 0.2) is 0 Å². The predicted molar refractivity (Wildman–Crippen MR) is 95.7 cm³/mol. The smallest absolute Gasteiger partial charge is 0.385 e. The van der Waals surface area contributed by atoms with E-state index in [4.69, 9.17) is 0 Å². The summed E-state index contributed by atoms with van der Waals surface area (Å²) in [6, 6.07) is 1.18. The minimum Gasteiger partial charge on any atom is -0.385 e. The Morgan fingerprint density at radius 3 is 2.86 bits per heavy atom. The number of alkyl halides is 4. The van der Waals surface area contributed by atoms with Crippen LogP contribution in [-0.2, 0) is 0 Å². The molecule has 10 heteroatoms. The molecule has 3 aromatic heterocycles. The molecule has 152 valence electrons. The summed E-state index contributed by atoms with van der Waals surface area (Å²) in [7, 11) is 0. The predicted octanol–water partition coefficient (Wildman–Crippen LogP) is 3.50. The van der Waals surface area contributed by atoms with Gasteiger partial charge in [0.2, 0.25) is 0 Å². The van der Waals surface area contributed by atoms with E-state index in [2.05, 4.69) is 15.0 Å². The summed E-state index contributed by atoms with van der Waals surface area (Å²) in [4.78, 5) is 13.4. The Morgan fingerprint density at radius 1 is 1.36 bits per heavy atom. The quantitative estimate of drug-likeness (QED) is 0.645. The van der Waals surface area contributed by atoms with Gasteiger partial charge >= 0.3 is 6.18 Å². The minimum absolute atomic E-state index is 0.0583. The van der Waals surface area contributed by atoms with E-state index in [1.165, 1.54) is 0 Å². The highest BCUT2D eigenvalue weighted by Crippen LogP contribution is 2.35. The molecule has 3 atom stereocenters. The third kappa shape index (κ3) is 3.46. The fourth-order valence-electron chi connectivity index (χ4n) is 3.99. The first-order chi connectivity index (χ1) is 13.2. The SMILES string of the molecule is C[C@@H](O)c1nc2cnc3[nH]ccc3c2n1[C@@H]1CN(CCCC(F)(F)F)CC1F. The van der Waals surface area contributed by atoms with Gasteiger partial charge < -0.3 is 14.7 Å². The number of rotatable bonds is 5. The van der Waals surface area contributed by atoms with Gasteiger partial charge in [0.25, 0.3) is 0 Å². The van der Waals surface area contributed by atoms with Crippen LogP contribution in [0.4, 0.5) is 17.6 Å². The van der Waals surface area contributed by atoms with Crippen molar-refractivity contribution in [3.63, 3.8) is 0 Å². The molecular formula is C18H21F4N5O. The molecule has 0 saturated carbocycles. The van der Waals surface area contributed by atoms with E-state index in [9.17, 15) is 22.7 Å². The van der Waals surface area contributed by atoms with Gasteiger partial charge in [-0.2, -0.15) is 13.2 Å². The number of aromatic nitrogens is 4. The van der Waals surface area contributed by atoms with Crippen LogP contribution in [0.2, 0.25) is 0 Å². The summed E-state index contributed by atoms with van der Waals surface area (Å²) < 4.78 is 53.8. The number of pyridine rings is 1. The van der Waals surface area contributed by atoms with Crippen LogP contribution in [0.15, 0.2) is 18.5 Å². The number of nitrogens with zero attached hydrogens (tertiary/aromatic N) is 4. The second kappa shape index (κ2) is 7.00. The maximum Gasteiger partial charge on any atom is 0.389 e. The van der Waals surface area contributed by atoms with Crippen molar-refractivity contribution in [3.8, 4) is 0 Å². The molecule has 0 spiro atoms. The molecule has 0 amide bonds. The zero-order chi connectivity index (χ0) is 20.1. The number of aliphatic hydroxyl groups is 1. The standard InChI is InChI=1S/C18H21F4N5O/c1-10(28)17-25-13-7-24-16-11(3-5-23-16)15(13)27(17)14-9-26(8-12(14)19)6-2-4-18(20,21)22/h3,5,7,10,12,14,28H,2,4,6,8-9H2,1H3,(H,23,24)/t10-,12?,14-/m1/s1. The fourth-order valence-corrected chi connectivity index (χ4v) is 3.99. The highest BCUT2D eigenvalue weighted by Gasteiger charge is 2.37. The maximum atomic E-state index is 14.9. The first-order valence-electron chi connectivity index (χ1n) is 9.20. The number of H-pyrrole nitrogens is 1. The molecule has 1 fully saturated rings. The Balaban J connectivity index is 1.68. The van der Waals surface area contributed by atoms with Crippen LogP contribution in [0.5, 0.6) is 0 Å². The van der Waals surface area contributed by atoms with Crippen LogP contribution in [0.1, 0.15) is 37.7 Å². The Hall–Kier alpha value is -2.20. The molecule has 3 aromatic rings. The van der Waals surface area contributed by atoms with Crippen molar-refractivity contribution in [1.29, 1.82) is 0 Å². The number of hydrogen-bond donors (Lipinski definition) is 2. The normalized spacial score (nSPS) is 22.5. The lowest BCUT2D eigenvalue weighted by Crippen LogP contribution is -2.24. The van der Waals surface area contributed by atoms with E-state index in [0.29, 0.717) is 22.5 Å². The lowest BCUT2D eigenvalue weighted by molar-refractivity contribution is -0.136. The first-order valence-corrected chi connectivity index (χ1v) is 9.20. The van der Waals surface area contributed by atoms with E-state index in [0.717, 1.165) is 5.39 Å². The number of imidazole rings is 1. The zero-order valence-electron chi connectivity index (χ0n) is 15.2. The van der Waals surface area contributed by atoms with Crippen molar-refractivity contribution in [2.45, 2.75) is 44.3 Å². The summed E-state index contributed by atoms with van der Waals surface area (Å²) in [5.74, 6) is 0.329. The van der Waals surface area contributed by atoms with Crippen LogP contribution in [0.25, 0.3) is 22.1 Å². The Kier molecular flexibility index (Phi) is 4.78. The van der Waals surface area contributed by atoms with Gasteiger partial charge in [0.05, 0.1) is 17.8 Å².